The fourth-order valence-corrected chi connectivity index (χ4v) is 4.12. The van der Waals surface area contributed by atoms with Crippen molar-refractivity contribution in [1.29, 1.82) is 0 Å². The molecule has 9 nitrogen and oxygen atoms in total. The zero-order valence-corrected chi connectivity index (χ0v) is 18.4. The van der Waals surface area contributed by atoms with Crippen LogP contribution in [0.4, 0.5) is 5.69 Å². The van der Waals surface area contributed by atoms with Gasteiger partial charge in [0, 0.05) is 37.7 Å². The van der Waals surface area contributed by atoms with Gasteiger partial charge in [0.1, 0.15) is 0 Å². The molecule has 9 heteroatoms. The highest BCUT2D eigenvalue weighted by Crippen LogP contribution is 2.36. The molecule has 0 bridgehead atoms. The Kier molecular flexibility index (Phi) is 5.58. The average Bonchev–Trinajstić information content (AvgIpc) is 3.35. The summed E-state index contributed by atoms with van der Waals surface area (Å²) in [6.07, 6.45) is 0.874. The Bertz CT molecular complexity index is 1130. The SMILES string of the molecule is COc1cc(N2CC[C@@H](NC(C)=O)C2)c2nc(C)c(-c3ccc(OC)c(OC)c3)n2n1. The molecule has 3 aromatic rings. The van der Waals surface area contributed by atoms with Crippen molar-refractivity contribution in [3.05, 3.63) is 30.0 Å². The molecule has 0 aliphatic carbocycles. The van der Waals surface area contributed by atoms with Crippen LogP contribution in [0.1, 0.15) is 19.0 Å². The number of hydrogen-bond acceptors (Lipinski definition) is 7. The summed E-state index contributed by atoms with van der Waals surface area (Å²) in [4.78, 5) is 18.5. The Hall–Kier alpha value is -3.49. The summed E-state index contributed by atoms with van der Waals surface area (Å²) < 4.78 is 18.2. The molecular weight excluding hydrogens is 398 g/mol. The normalized spacial score (nSPS) is 15.9. The van der Waals surface area contributed by atoms with E-state index in [0.29, 0.717) is 23.9 Å². The van der Waals surface area contributed by atoms with Crippen molar-refractivity contribution in [2.75, 3.05) is 39.3 Å². The van der Waals surface area contributed by atoms with Crippen LogP contribution in [0.5, 0.6) is 17.4 Å². The molecule has 0 spiro atoms. The molecule has 3 heterocycles. The molecule has 0 radical (unpaired) electrons. The van der Waals surface area contributed by atoms with E-state index in [1.165, 1.54) is 0 Å². The van der Waals surface area contributed by atoms with Crippen LogP contribution in [0.2, 0.25) is 0 Å². The number of carbonyl (C=O) groups excluding carboxylic acids is 1. The number of methoxy groups -OCH3 is 3. The van der Waals surface area contributed by atoms with Crippen LogP contribution >= 0.6 is 0 Å². The Labute approximate surface area is 180 Å². The van der Waals surface area contributed by atoms with Crippen LogP contribution in [-0.4, -0.2) is 61.0 Å². The van der Waals surface area contributed by atoms with Gasteiger partial charge < -0.3 is 24.4 Å². The predicted octanol–water partition coefficient (Wildman–Crippen LogP) is 2.45. The number of hydrogen-bond donors (Lipinski definition) is 1. The summed E-state index contributed by atoms with van der Waals surface area (Å²) in [5, 5.41) is 7.66. The first-order valence-corrected chi connectivity index (χ1v) is 10.1. The van der Waals surface area contributed by atoms with E-state index in [2.05, 4.69) is 15.3 Å². The molecule has 31 heavy (non-hydrogen) atoms. The zero-order valence-electron chi connectivity index (χ0n) is 18.4. The van der Waals surface area contributed by atoms with Crippen molar-refractivity contribution in [3.63, 3.8) is 0 Å². The molecule has 164 valence electrons. The van der Waals surface area contributed by atoms with Gasteiger partial charge in [-0.2, -0.15) is 0 Å². The third-order valence-corrected chi connectivity index (χ3v) is 5.52. The molecule has 2 aromatic heterocycles. The molecule has 1 amide bonds. The number of aryl methyl sites for hydroxylation is 1. The van der Waals surface area contributed by atoms with E-state index in [4.69, 9.17) is 19.2 Å². The summed E-state index contributed by atoms with van der Waals surface area (Å²) in [5.41, 5.74) is 4.27. The Morgan fingerprint density at radius 1 is 1.13 bits per heavy atom. The van der Waals surface area contributed by atoms with E-state index in [1.807, 2.05) is 35.7 Å². The van der Waals surface area contributed by atoms with Crippen LogP contribution in [0.25, 0.3) is 16.9 Å². The minimum absolute atomic E-state index is 0.0169. The Balaban J connectivity index is 1.82. The molecular formula is C22H27N5O4. The van der Waals surface area contributed by atoms with Gasteiger partial charge in [-0.05, 0) is 31.5 Å². The smallest absolute Gasteiger partial charge is 0.233 e. The van der Waals surface area contributed by atoms with Crippen molar-refractivity contribution in [1.82, 2.24) is 19.9 Å². The first kappa shape index (κ1) is 20.8. The van der Waals surface area contributed by atoms with E-state index >= 15 is 0 Å². The molecule has 1 N–H and O–H groups in total. The number of nitrogens with one attached hydrogen (secondary N) is 1. The Morgan fingerprint density at radius 3 is 2.58 bits per heavy atom. The summed E-state index contributed by atoms with van der Waals surface area (Å²) in [6.45, 7) is 5.02. The number of anilines is 1. The van der Waals surface area contributed by atoms with Gasteiger partial charge in [0.2, 0.25) is 11.8 Å². The third-order valence-electron chi connectivity index (χ3n) is 5.52. The molecule has 1 aliphatic rings. The first-order valence-electron chi connectivity index (χ1n) is 10.1. The van der Waals surface area contributed by atoms with Crippen molar-refractivity contribution < 1.29 is 19.0 Å². The summed E-state index contributed by atoms with van der Waals surface area (Å²) in [5.74, 6) is 1.77. The lowest BCUT2D eigenvalue weighted by atomic mass is 10.1. The number of ether oxygens (including phenoxy) is 3. The van der Waals surface area contributed by atoms with E-state index in [9.17, 15) is 4.79 Å². The standard InChI is InChI=1S/C22H27N5O4/c1-13-21(15-6-7-18(29-3)19(10-15)30-4)27-22(23-13)17(11-20(25-27)31-5)26-9-8-16(12-26)24-14(2)28/h6-7,10-11,16H,8-9,12H2,1-5H3,(H,24,28)/t16-/m1/s1. The number of rotatable bonds is 6. The lowest BCUT2D eigenvalue weighted by molar-refractivity contribution is -0.119. The third kappa shape index (κ3) is 3.83. The van der Waals surface area contributed by atoms with Crippen LogP contribution in [-0.2, 0) is 4.79 Å². The summed E-state index contributed by atoms with van der Waals surface area (Å²) >= 11 is 0. The van der Waals surface area contributed by atoms with Crippen molar-refractivity contribution >= 4 is 17.2 Å². The predicted molar refractivity (Wildman–Crippen MR) is 117 cm³/mol. The lowest BCUT2D eigenvalue weighted by Gasteiger charge is -2.20. The summed E-state index contributed by atoms with van der Waals surface area (Å²) in [7, 11) is 4.82. The van der Waals surface area contributed by atoms with Crippen molar-refractivity contribution in [3.8, 4) is 28.6 Å². The van der Waals surface area contributed by atoms with Gasteiger partial charge in [-0.25, -0.2) is 9.50 Å². The van der Waals surface area contributed by atoms with Gasteiger partial charge in [0.05, 0.1) is 38.4 Å². The quantitative estimate of drug-likeness (QED) is 0.649. The largest absolute Gasteiger partial charge is 0.493 e. The molecule has 0 unspecified atom stereocenters. The van der Waals surface area contributed by atoms with E-state index in [1.54, 1.807) is 28.3 Å². The van der Waals surface area contributed by atoms with Gasteiger partial charge in [-0.3, -0.25) is 4.79 Å². The van der Waals surface area contributed by atoms with Crippen LogP contribution in [0, 0.1) is 6.92 Å². The van der Waals surface area contributed by atoms with E-state index in [0.717, 1.165) is 41.3 Å². The highest BCUT2D eigenvalue weighted by atomic mass is 16.5. The molecule has 4 rings (SSSR count). The summed E-state index contributed by atoms with van der Waals surface area (Å²) in [6, 6.07) is 7.75. The Morgan fingerprint density at radius 2 is 1.90 bits per heavy atom. The maximum Gasteiger partial charge on any atom is 0.233 e. The van der Waals surface area contributed by atoms with Crippen molar-refractivity contribution in [2.45, 2.75) is 26.3 Å². The number of carbonyl (C=O) groups is 1. The molecule has 1 fully saturated rings. The molecule has 0 saturated carbocycles. The fourth-order valence-electron chi connectivity index (χ4n) is 4.12. The van der Waals surface area contributed by atoms with E-state index in [-0.39, 0.29) is 11.9 Å². The second kappa shape index (κ2) is 8.33. The zero-order chi connectivity index (χ0) is 22.1. The second-order valence-electron chi connectivity index (χ2n) is 7.56. The molecule has 1 atom stereocenters. The van der Waals surface area contributed by atoms with Gasteiger partial charge in [0.15, 0.2) is 17.1 Å². The van der Waals surface area contributed by atoms with Gasteiger partial charge in [-0.1, -0.05) is 0 Å². The van der Waals surface area contributed by atoms with E-state index < -0.39 is 0 Å². The minimum Gasteiger partial charge on any atom is -0.493 e. The fraction of sp³-hybridized carbons (Fsp3) is 0.409. The van der Waals surface area contributed by atoms with Gasteiger partial charge in [0.25, 0.3) is 0 Å². The number of benzene rings is 1. The number of aromatic nitrogens is 3. The number of imidazole rings is 1. The van der Waals surface area contributed by atoms with Crippen LogP contribution < -0.4 is 24.4 Å². The van der Waals surface area contributed by atoms with Crippen LogP contribution in [0.15, 0.2) is 24.3 Å². The van der Waals surface area contributed by atoms with Gasteiger partial charge >= 0.3 is 0 Å². The van der Waals surface area contributed by atoms with Crippen LogP contribution in [0.3, 0.4) is 0 Å². The monoisotopic (exact) mass is 425 g/mol. The molecule has 1 aromatic carbocycles. The first-order chi connectivity index (χ1) is 14.9. The second-order valence-corrected chi connectivity index (χ2v) is 7.56. The molecule has 1 saturated heterocycles. The number of nitrogens with zero attached hydrogens (tertiary/aromatic N) is 4. The van der Waals surface area contributed by atoms with Crippen molar-refractivity contribution in [2.24, 2.45) is 0 Å². The average molecular weight is 425 g/mol. The maximum atomic E-state index is 11.5. The topological polar surface area (TPSA) is 90.2 Å². The minimum atomic E-state index is -0.0169. The van der Waals surface area contributed by atoms with Gasteiger partial charge in [-0.15, -0.1) is 5.10 Å². The highest BCUT2D eigenvalue weighted by molar-refractivity contribution is 5.78. The molecule has 1 aliphatic heterocycles. The number of fused-ring (bicyclic) bond motifs is 1. The lowest BCUT2D eigenvalue weighted by Crippen LogP contribution is -2.35. The highest BCUT2D eigenvalue weighted by Gasteiger charge is 2.27. The number of amides is 1. The maximum absolute atomic E-state index is 11.5.